The predicted octanol–water partition coefficient (Wildman–Crippen LogP) is 7.29. The van der Waals surface area contributed by atoms with Crippen LogP contribution < -0.4 is 16.0 Å². The third-order valence-electron chi connectivity index (χ3n) is 18.0. The maximum absolute atomic E-state index is 13.5. The summed E-state index contributed by atoms with van der Waals surface area (Å²) in [5, 5.41) is 32.6. The van der Waals surface area contributed by atoms with Gasteiger partial charge in [0.2, 0.25) is 11.9 Å². The van der Waals surface area contributed by atoms with E-state index in [1.165, 1.54) is 31.9 Å². The highest BCUT2D eigenvalue weighted by molar-refractivity contribution is 5.99. The number of aromatic nitrogens is 8. The van der Waals surface area contributed by atoms with E-state index in [1.54, 1.807) is 90.6 Å². The minimum atomic E-state index is -0.604. The van der Waals surface area contributed by atoms with Gasteiger partial charge in [0.1, 0.15) is 39.9 Å². The fourth-order valence-electron chi connectivity index (χ4n) is 13.6. The lowest BCUT2D eigenvalue weighted by Gasteiger charge is -2.48. The molecule has 4 aliphatic heterocycles. The summed E-state index contributed by atoms with van der Waals surface area (Å²) in [7, 11) is 7.06. The summed E-state index contributed by atoms with van der Waals surface area (Å²) in [5.74, 6) is 1.02. The number of anilines is 4. The van der Waals surface area contributed by atoms with Gasteiger partial charge in [-0.05, 0) is 82.9 Å². The van der Waals surface area contributed by atoms with E-state index in [2.05, 4.69) is 45.0 Å². The molecule has 0 aromatic carbocycles. The lowest BCUT2D eigenvalue weighted by molar-refractivity contribution is -0.0727. The van der Waals surface area contributed by atoms with E-state index >= 15 is 0 Å². The van der Waals surface area contributed by atoms with Crippen molar-refractivity contribution in [3.63, 3.8) is 0 Å². The molecule has 6 aromatic heterocycles. The Labute approximate surface area is 507 Å². The first-order chi connectivity index (χ1) is 41.8. The van der Waals surface area contributed by atoms with Crippen molar-refractivity contribution in [1.29, 1.82) is 0 Å². The van der Waals surface area contributed by atoms with Crippen molar-refractivity contribution in [2.24, 2.45) is 23.7 Å². The number of carbonyl (C=O) groups is 5. The Bertz CT molecular complexity index is 3430. The van der Waals surface area contributed by atoms with Gasteiger partial charge < -0.3 is 64.5 Å². The SMILES string of the molecule is CN(C)C(=O)c1cc2cnc(Nc3ccc(C(=O)N4C[C@H]5CN(C(=O)OC(C)(C)C)C[C@@H](C4)C5O)cn3)nc2n1C1CCCCCC1.CN(C)C(=O)c1cc2cnc(Nc3ccc(C(=O)N4C[C@H]5CNC[C@@H](C4)C5O)cn3)nc2n1C1CCCCCC1. The Balaban J connectivity index is 0.000000182. The normalized spacial score (nSPS) is 22.8. The topological polar surface area (TPSA) is 275 Å². The van der Waals surface area contributed by atoms with Crippen LogP contribution in [0.5, 0.6) is 0 Å². The fraction of sp³-hybridized carbons (Fsp3) is 0.571. The van der Waals surface area contributed by atoms with E-state index in [1.807, 2.05) is 37.8 Å². The van der Waals surface area contributed by atoms with E-state index in [4.69, 9.17) is 14.7 Å². The Morgan fingerprint density at radius 3 is 1.31 bits per heavy atom. The zero-order chi connectivity index (χ0) is 61.3. The highest BCUT2D eigenvalue weighted by Gasteiger charge is 2.45. The standard InChI is InChI=1S/C34H46N8O5.C29H38N8O3/c1-34(2,3)47-33(46)41-19-23-17-40(18-24(20-41)28(23)43)30(44)21-12-13-27(35-15-21)37-32-36-16-22-14-26(31(45)39(4)5)42(29(22)38-32)25-10-8-6-7-9-11-25;1-35(2)28(40)23-11-19-15-32-29(34-26(19)37(23)22-7-5-3-4-6-8-22)33-24-10-9-18(14-31-24)27(39)36-16-20-12-30-13-21(17-36)25(20)38/h12-16,23-25,28,43H,6-11,17-20H2,1-5H3,(H,35,36,37,38);9-11,14-15,20-22,25,30,38H,3-8,12-13,16-17H2,1-2H3,(H,31,32,33,34)/t23-,24+,28?;20-,21+,25?. The van der Waals surface area contributed by atoms with Crippen LogP contribution in [0.2, 0.25) is 0 Å². The molecular weight excluding hydrogens is 1110 g/mol. The van der Waals surface area contributed by atoms with Crippen molar-refractivity contribution in [1.82, 2.24) is 68.9 Å². The number of likely N-dealkylation sites (tertiary alicyclic amines) is 3. The first kappa shape index (κ1) is 60.8. The number of aliphatic hydroxyl groups is 2. The molecule has 87 heavy (non-hydrogen) atoms. The summed E-state index contributed by atoms with van der Waals surface area (Å²) >= 11 is 0. The molecule has 2 aliphatic carbocycles. The molecule has 6 aliphatic rings. The monoisotopic (exact) mass is 1190 g/mol. The lowest BCUT2D eigenvalue weighted by Crippen LogP contribution is -2.62. The molecule has 5 N–H and O–H groups in total. The summed E-state index contributed by atoms with van der Waals surface area (Å²) < 4.78 is 9.75. The van der Waals surface area contributed by atoms with Gasteiger partial charge in [-0.1, -0.05) is 51.4 Å². The van der Waals surface area contributed by atoms with E-state index in [0.29, 0.717) is 85.3 Å². The first-order valence-corrected chi connectivity index (χ1v) is 31.1. The molecule has 0 spiro atoms. The zero-order valence-electron chi connectivity index (χ0n) is 51.2. The predicted molar refractivity (Wildman–Crippen MR) is 328 cm³/mol. The van der Waals surface area contributed by atoms with Crippen molar-refractivity contribution in [3.05, 3.63) is 83.7 Å². The largest absolute Gasteiger partial charge is 0.444 e. The molecule has 464 valence electrons. The van der Waals surface area contributed by atoms with Crippen molar-refractivity contribution >= 4 is 75.3 Å². The van der Waals surface area contributed by atoms with Crippen LogP contribution >= 0.6 is 0 Å². The Hall–Kier alpha value is -7.83. The smallest absolute Gasteiger partial charge is 0.410 e. The van der Waals surface area contributed by atoms with E-state index in [9.17, 15) is 34.2 Å². The summed E-state index contributed by atoms with van der Waals surface area (Å²) in [5.41, 5.74) is 3.06. The van der Waals surface area contributed by atoms with Crippen molar-refractivity contribution in [2.45, 2.75) is 128 Å². The number of hydrogen-bond acceptors (Lipinski definition) is 17. The van der Waals surface area contributed by atoms with E-state index < -0.39 is 17.8 Å². The number of rotatable bonds is 10. The van der Waals surface area contributed by atoms with Crippen molar-refractivity contribution in [3.8, 4) is 0 Å². The van der Waals surface area contributed by atoms with Crippen LogP contribution in [0.25, 0.3) is 22.1 Å². The van der Waals surface area contributed by atoms with Gasteiger partial charge in [-0.25, -0.2) is 24.7 Å². The average molecular weight is 1190 g/mol. The summed E-state index contributed by atoms with van der Waals surface area (Å²) in [6.45, 7) is 9.34. The second-order valence-electron chi connectivity index (χ2n) is 26.0. The molecule has 6 fully saturated rings. The number of ether oxygens (including phenoxy) is 1. The Kier molecular flexibility index (Phi) is 18.1. The molecule has 4 bridgehead atoms. The quantitative estimate of drug-likeness (QED) is 0.0843. The third kappa shape index (κ3) is 13.5. The molecule has 4 saturated heterocycles. The van der Waals surface area contributed by atoms with Gasteiger partial charge in [0.15, 0.2) is 0 Å². The van der Waals surface area contributed by atoms with Crippen LogP contribution in [0.15, 0.2) is 61.2 Å². The van der Waals surface area contributed by atoms with Crippen LogP contribution in [-0.4, -0.2) is 202 Å². The number of hydrogen-bond donors (Lipinski definition) is 5. The number of nitrogens with zero attached hydrogens (tertiary/aromatic N) is 13. The maximum Gasteiger partial charge on any atom is 0.410 e. The molecule has 5 amide bonds. The highest BCUT2D eigenvalue weighted by atomic mass is 16.6. The van der Waals surface area contributed by atoms with Gasteiger partial charge in [-0.15, -0.1) is 0 Å². The van der Waals surface area contributed by atoms with Crippen LogP contribution in [0.1, 0.15) is 152 Å². The van der Waals surface area contributed by atoms with Gasteiger partial charge in [0.05, 0.1) is 23.3 Å². The fourth-order valence-corrected chi connectivity index (χ4v) is 13.6. The van der Waals surface area contributed by atoms with Gasteiger partial charge >= 0.3 is 6.09 Å². The molecule has 24 nitrogen and oxygen atoms in total. The molecule has 2 saturated carbocycles. The number of nitrogens with one attached hydrogen (secondary N) is 3. The molecule has 6 atom stereocenters. The van der Waals surface area contributed by atoms with Crippen LogP contribution in [-0.2, 0) is 4.74 Å². The summed E-state index contributed by atoms with van der Waals surface area (Å²) in [6.07, 6.45) is 18.7. The molecule has 10 heterocycles. The Morgan fingerprint density at radius 2 is 0.931 bits per heavy atom. The average Bonchev–Trinajstić information content (AvgIpc) is 1.95. The second-order valence-corrected chi connectivity index (χ2v) is 26.0. The summed E-state index contributed by atoms with van der Waals surface area (Å²) in [4.78, 5) is 102. The van der Waals surface area contributed by atoms with Crippen LogP contribution in [0.3, 0.4) is 0 Å². The number of piperidine rings is 4. The third-order valence-corrected chi connectivity index (χ3v) is 18.0. The summed E-state index contributed by atoms with van der Waals surface area (Å²) in [6, 6.07) is 11.1. The van der Waals surface area contributed by atoms with Gasteiger partial charge in [0.25, 0.3) is 23.6 Å². The van der Waals surface area contributed by atoms with Gasteiger partial charge in [0, 0.05) is 152 Å². The number of fused-ring (bicyclic) bond motifs is 6. The lowest BCUT2D eigenvalue weighted by atomic mass is 9.81. The molecule has 2 unspecified atom stereocenters. The van der Waals surface area contributed by atoms with Gasteiger partial charge in [-0.2, -0.15) is 9.97 Å². The zero-order valence-corrected chi connectivity index (χ0v) is 51.2. The van der Waals surface area contributed by atoms with E-state index in [-0.39, 0.29) is 65.5 Å². The maximum atomic E-state index is 13.5. The minimum Gasteiger partial charge on any atom is -0.444 e. The highest BCUT2D eigenvalue weighted by Crippen LogP contribution is 2.37. The minimum absolute atomic E-state index is 0.0400. The van der Waals surface area contributed by atoms with Crippen LogP contribution in [0, 0.1) is 23.7 Å². The molecule has 0 radical (unpaired) electrons. The Morgan fingerprint density at radius 1 is 0.540 bits per heavy atom. The van der Waals surface area contributed by atoms with E-state index in [0.717, 1.165) is 86.5 Å². The molecular formula is C63H84N16O8. The number of carbonyl (C=O) groups excluding carboxylic acids is 5. The number of aliphatic hydroxyl groups excluding tert-OH is 2. The molecule has 12 rings (SSSR count). The van der Waals surface area contributed by atoms with Crippen molar-refractivity contribution in [2.75, 3.05) is 91.2 Å². The number of amides is 5. The van der Waals surface area contributed by atoms with Crippen LogP contribution in [0.4, 0.5) is 28.3 Å². The first-order valence-electron chi connectivity index (χ1n) is 31.1. The van der Waals surface area contributed by atoms with Gasteiger partial charge in [-0.3, -0.25) is 19.2 Å². The number of pyridine rings is 2. The molecule has 6 aromatic rings. The second kappa shape index (κ2) is 25.9. The molecule has 24 heteroatoms. The van der Waals surface area contributed by atoms with Crippen molar-refractivity contribution < 1.29 is 38.9 Å².